The van der Waals surface area contributed by atoms with Crippen molar-refractivity contribution >= 4 is 12.0 Å². The average molecular weight is 272 g/mol. The van der Waals surface area contributed by atoms with Crippen molar-refractivity contribution in [1.29, 1.82) is 0 Å². The summed E-state index contributed by atoms with van der Waals surface area (Å²) in [5, 5.41) is 11.8. The van der Waals surface area contributed by atoms with Gasteiger partial charge in [0.1, 0.15) is 6.54 Å². The Morgan fingerprint density at radius 2 is 2.16 bits per heavy atom. The maximum atomic E-state index is 12.1. The molecule has 0 aromatic heterocycles. The van der Waals surface area contributed by atoms with Gasteiger partial charge in [-0.1, -0.05) is 6.92 Å². The molecule has 19 heavy (non-hydrogen) atoms. The molecule has 0 aromatic carbocycles. The van der Waals surface area contributed by atoms with Gasteiger partial charge >= 0.3 is 12.0 Å². The van der Waals surface area contributed by atoms with Crippen LogP contribution in [-0.2, 0) is 9.53 Å². The summed E-state index contributed by atoms with van der Waals surface area (Å²) in [7, 11) is 1.67. The lowest BCUT2D eigenvalue weighted by Crippen LogP contribution is -2.49. The van der Waals surface area contributed by atoms with Crippen LogP contribution in [0.4, 0.5) is 4.79 Å². The number of ether oxygens (including phenoxy) is 1. The van der Waals surface area contributed by atoms with Crippen LogP contribution in [0.5, 0.6) is 0 Å². The van der Waals surface area contributed by atoms with E-state index in [4.69, 9.17) is 9.84 Å². The summed E-state index contributed by atoms with van der Waals surface area (Å²) in [5.41, 5.74) is 0. The number of urea groups is 1. The zero-order valence-corrected chi connectivity index (χ0v) is 11.9. The van der Waals surface area contributed by atoms with E-state index < -0.39 is 5.97 Å². The Hall–Kier alpha value is -1.30. The predicted molar refractivity (Wildman–Crippen MR) is 71.1 cm³/mol. The van der Waals surface area contributed by atoms with Crippen molar-refractivity contribution in [3.8, 4) is 0 Å². The van der Waals surface area contributed by atoms with Crippen LogP contribution in [0.15, 0.2) is 0 Å². The van der Waals surface area contributed by atoms with E-state index in [0.29, 0.717) is 0 Å². The van der Waals surface area contributed by atoms with E-state index in [1.165, 1.54) is 4.90 Å². The molecule has 0 heterocycles. The van der Waals surface area contributed by atoms with E-state index >= 15 is 0 Å². The van der Waals surface area contributed by atoms with Crippen molar-refractivity contribution in [2.75, 3.05) is 13.7 Å². The van der Waals surface area contributed by atoms with Crippen molar-refractivity contribution < 1.29 is 19.4 Å². The molecule has 2 N–H and O–H groups in total. The molecule has 1 fully saturated rings. The van der Waals surface area contributed by atoms with Gasteiger partial charge in [0.2, 0.25) is 0 Å². The largest absolute Gasteiger partial charge is 0.480 e. The fraction of sp³-hybridized carbons (Fsp3) is 0.846. The fourth-order valence-electron chi connectivity index (χ4n) is 2.34. The first kappa shape index (κ1) is 15.8. The summed E-state index contributed by atoms with van der Waals surface area (Å²) in [4.78, 5) is 24.3. The first-order valence-corrected chi connectivity index (χ1v) is 6.79. The van der Waals surface area contributed by atoms with Gasteiger partial charge in [-0.2, -0.15) is 0 Å². The maximum absolute atomic E-state index is 12.1. The van der Waals surface area contributed by atoms with Crippen LogP contribution in [0.1, 0.15) is 39.5 Å². The highest BCUT2D eigenvalue weighted by Gasteiger charge is 2.29. The van der Waals surface area contributed by atoms with Crippen molar-refractivity contribution in [1.82, 2.24) is 10.2 Å². The second-order valence-corrected chi connectivity index (χ2v) is 5.10. The number of hydrogen-bond acceptors (Lipinski definition) is 3. The number of carbonyl (C=O) groups excluding carboxylic acids is 1. The first-order chi connectivity index (χ1) is 8.97. The molecule has 0 spiro atoms. The van der Waals surface area contributed by atoms with Crippen molar-refractivity contribution in [2.45, 2.75) is 57.7 Å². The summed E-state index contributed by atoms with van der Waals surface area (Å²) in [6.07, 6.45) is 3.53. The molecule has 110 valence electrons. The molecule has 6 heteroatoms. The second kappa shape index (κ2) is 7.33. The van der Waals surface area contributed by atoms with Gasteiger partial charge in [0.15, 0.2) is 0 Å². The molecule has 3 unspecified atom stereocenters. The molecule has 0 bridgehead atoms. The number of nitrogens with one attached hydrogen (secondary N) is 1. The van der Waals surface area contributed by atoms with Crippen LogP contribution < -0.4 is 5.32 Å². The van der Waals surface area contributed by atoms with E-state index in [0.717, 1.165) is 25.7 Å². The van der Waals surface area contributed by atoms with E-state index in [1.54, 1.807) is 7.11 Å². The van der Waals surface area contributed by atoms with Crippen LogP contribution in [0.3, 0.4) is 0 Å². The Morgan fingerprint density at radius 3 is 2.63 bits per heavy atom. The zero-order chi connectivity index (χ0) is 14.4. The lowest BCUT2D eigenvalue weighted by atomic mass is 10.2. The third-order valence-corrected chi connectivity index (χ3v) is 3.73. The lowest BCUT2D eigenvalue weighted by molar-refractivity contribution is -0.138. The minimum Gasteiger partial charge on any atom is -0.480 e. The first-order valence-electron chi connectivity index (χ1n) is 6.79. The van der Waals surface area contributed by atoms with E-state index in [-0.39, 0.29) is 30.8 Å². The maximum Gasteiger partial charge on any atom is 0.323 e. The van der Waals surface area contributed by atoms with Crippen LogP contribution >= 0.6 is 0 Å². The molecule has 0 aromatic rings. The number of methoxy groups -OCH3 is 1. The van der Waals surface area contributed by atoms with Crippen molar-refractivity contribution in [3.05, 3.63) is 0 Å². The zero-order valence-electron chi connectivity index (χ0n) is 11.9. The van der Waals surface area contributed by atoms with Gasteiger partial charge < -0.3 is 20.1 Å². The molecule has 1 saturated carbocycles. The van der Waals surface area contributed by atoms with Crippen molar-refractivity contribution in [2.24, 2.45) is 0 Å². The number of carboxylic acid groups (broad SMARTS) is 1. The second-order valence-electron chi connectivity index (χ2n) is 5.10. The van der Waals surface area contributed by atoms with Crippen LogP contribution in [0.2, 0.25) is 0 Å². The Labute approximate surface area is 114 Å². The quantitative estimate of drug-likeness (QED) is 0.767. The minimum absolute atomic E-state index is 0.0813. The molecule has 0 radical (unpaired) electrons. The summed E-state index contributed by atoms with van der Waals surface area (Å²) in [5.74, 6) is -0.989. The molecule has 1 aliphatic rings. The number of aliphatic carboxylic acids is 1. The Bertz CT molecular complexity index is 322. The van der Waals surface area contributed by atoms with Crippen LogP contribution in [-0.4, -0.2) is 53.8 Å². The smallest absolute Gasteiger partial charge is 0.323 e. The number of hydrogen-bond donors (Lipinski definition) is 2. The monoisotopic (exact) mass is 272 g/mol. The Kier molecular flexibility index (Phi) is 6.08. The number of nitrogens with zero attached hydrogens (tertiary/aromatic N) is 1. The summed E-state index contributed by atoms with van der Waals surface area (Å²) in [6, 6.07) is -0.299. The molecular weight excluding hydrogens is 248 g/mol. The molecule has 0 saturated heterocycles. The molecule has 0 aliphatic heterocycles. The van der Waals surface area contributed by atoms with Crippen LogP contribution in [0.25, 0.3) is 0 Å². The van der Waals surface area contributed by atoms with Gasteiger partial charge in [0, 0.05) is 19.2 Å². The average Bonchev–Trinajstić information content (AvgIpc) is 2.82. The Balaban J connectivity index is 2.54. The number of carbonyl (C=O) groups is 2. The minimum atomic E-state index is -0.989. The highest BCUT2D eigenvalue weighted by Crippen LogP contribution is 2.21. The molecule has 2 amide bonds. The van der Waals surface area contributed by atoms with E-state index in [2.05, 4.69) is 5.32 Å². The fourth-order valence-corrected chi connectivity index (χ4v) is 2.34. The standard InChI is InChI=1S/C13H24N2O4/c1-4-9(2)15(8-12(16)17)13(18)14-10-5-6-11(7-10)19-3/h9-11H,4-8H2,1-3H3,(H,14,18)(H,16,17). The lowest BCUT2D eigenvalue weighted by Gasteiger charge is -2.28. The van der Waals surface area contributed by atoms with E-state index in [9.17, 15) is 9.59 Å². The summed E-state index contributed by atoms with van der Waals surface area (Å²) in [6.45, 7) is 3.53. The van der Waals surface area contributed by atoms with Crippen molar-refractivity contribution in [3.63, 3.8) is 0 Å². The molecular formula is C13H24N2O4. The topological polar surface area (TPSA) is 78.9 Å². The predicted octanol–water partition coefficient (Wildman–Crippen LogP) is 1.45. The molecule has 3 atom stereocenters. The number of rotatable bonds is 6. The van der Waals surface area contributed by atoms with Gasteiger partial charge in [-0.15, -0.1) is 0 Å². The number of amides is 2. The molecule has 1 aliphatic carbocycles. The van der Waals surface area contributed by atoms with Gasteiger partial charge in [-0.05, 0) is 32.6 Å². The third kappa shape index (κ3) is 4.70. The number of carboxylic acids is 1. The van der Waals surface area contributed by atoms with Gasteiger partial charge in [-0.3, -0.25) is 4.79 Å². The molecule has 1 rings (SSSR count). The van der Waals surface area contributed by atoms with Gasteiger partial charge in [0.25, 0.3) is 0 Å². The summed E-state index contributed by atoms with van der Waals surface area (Å²) < 4.78 is 5.26. The van der Waals surface area contributed by atoms with E-state index in [1.807, 2.05) is 13.8 Å². The highest BCUT2D eigenvalue weighted by atomic mass is 16.5. The highest BCUT2D eigenvalue weighted by molar-refractivity contribution is 5.80. The summed E-state index contributed by atoms with van der Waals surface area (Å²) >= 11 is 0. The molecule has 6 nitrogen and oxygen atoms in total. The van der Waals surface area contributed by atoms with Crippen LogP contribution in [0, 0.1) is 0 Å². The third-order valence-electron chi connectivity index (χ3n) is 3.73. The van der Waals surface area contributed by atoms with Gasteiger partial charge in [0.05, 0.1) is 6.10 Å². The normalized spacial score (nSPS) is 23.9. The Morgan fingerprint density at radius 1 is 1.47 bits per heavy atom. The SMILES string of the molecule is CCC(C)N(CC(=O)O)C(=O)NC1CCC(OC)C1. The van der Waals surface area contributed by atoms with Gasteiger partial charge in [-0.25, -0.2) is 4.79 Å².